The highest BCUT2D eigenvalue weighted by atomic mass is 16.2. The standard InChI is InChI=1S/C25H27N7O2/c1-18-5-7-20(8-6-18)32-16-19(14-24(32)33)25(34)31-12-10-30(11-13-31)23-15-22(27-17-28-23)29-21-4-2-3-9-26-21/h2-9,15,17,19H,10-14,16H2,1H3,(H,26,27,28,29). The highest BCUT2D eigenvalue weighted by Gasteiger charge is 2.38. The second-order valence-corrected chi connectivity index (χ2v) is 8.65. The average molecular weight is 458 g/mol. The van der Waals surface area contributed by atoms with E-state index >= 15 is 0 Å². The fourth-order valence-electron chi connectivity index (χ4n) is 4.42. The van der Waals surface area contributed by atoms with Crippen LogP contribution in [0.1, 0.15) is 12.0 Å². The molecule has 1 unspecified atom stereocenters. The van der Waals surface area contributed by atoms with E-state index in [0.717, 1.165) is 17.1 Å². The van der Waals surface area contributed by atoms with E-state index in [1.165, 1.54) is 6.33 Å². The van der Waals surface area contributed by atoms with Crippen LogP contribution in [0.4, 0.5) is 23.1 Å². The second-order valence-electron chi connectivity index (χ2n) is 8.65. The first-order valence-electron chi connectivity index (χ1n) is 11.5. The van der Waals surface area contributed by atoms with Gasteiger partial charge in [0, 0.05) is 57.1 Å². The Balaban J connectivity index is 1.18. The zero-order valence-corrected chi connectivity index (χ0v) is 19.1. The normalized spacial score (nSPS) is 18.3. The minimum Gasteiger partial charge on any atom is -0.353 e. The molecule has 0 radical (unpaired) electrons. The Morgan fingerprint density at radius 1 is 0.971 bits per heavy atom. The van der Waals surface area contributed by atoms with Gasteiger partial charge in [0.1, 0.15) is 23.8 Å². The Labute approximate surface area is 198 Å². The number of aromatic nitrogens is 3. The molecule has 2 fully saturated rings. The van der Waals surface area contributed by atoms with Crippen LogP contribution >= 0.6 is 0 Å². The predicted molar refractivity (Wildman–Crippen MR) is 130 cm³/mol. The molecule has 174 valence electrons. The summed E-state index contributed by atoms with van der Waals surface area (Å²) in [5, 5.41) is 3.18. The van der Waals surface area contributed by atoms with Gasteiger partial charge in [-0.1, -0.05) is 23.8 Å². The summed E-state index contributed by atoms with van der Waals surface area (Å²) in [5.74, 6) is 1.96. The summed E-state index contributed by atoms with van der Waals surface area (Å²) < 4.78 is 0. The molecule has 0 spiro atoms. The van der Waals surface area contributed by atoms with Crippen LogP contribution in [0.2, 0.25) is 0 Å². The molecule has 1 aromatic carbocycles. The van der Waals surface area contributed by atoms with Crippen LogP contribution in [-0.4, -0.2) is 64.4 Å². The maximum Gasteiger partial charge on any atom is 0.228 e. The van der Waals surface area contributed by atoms with Crippen LogP contribution in [0.25, 0.3) is 0 Å². The number of carbonyl (C=O) groups is 2. The van der Waals surface area contributed by atoms with Gasteiger partial charge < -0.3 is 20.0 Å². The highest BCUT2D eigenvalue weighted by molar-refractivity contribution is 6.00. The van der Waals surface area contributed by atoms with E-state index in [1.54, 1.807) is 11.1 Å². The monoisotopic (exact) mass is 457 g/mol. The molecule has 2 amide bonds. The SMILES string of the molecule is Cc1ccc(N2CC(C(=O)N3CCN(c4cc(Nc5ccccn5)ncn4)CC3)CC2=O)cc1. The summed E-state index contributed by atoms with van der Waals surface area (Å²) >= 11 is 0. The van der Waals surface area contributed by atoms with Gasteiger partial charge in [-0.05, 0) is 31.2 Å². The van der Waals surface area contributed by atoms with Gasteiger partial charge in [-0.25, -0.2) is 15.0 Å². The summed E-state index contributed by atoms with van der Waals surface area (Å²) in [7, 11) is 0. The van der Waals surface area contributed by atoms with Crippen LogP contribution in [-0.2, 0) is 9.59 Å². The number of hydrogen-bond acceptors (Lipinski definition) is 7. The summed E-state index contributed by atoms with van der Waals surface area (Å²) in [6, 6.07) is 15.4. The number of amides is 2. The van der Waals surface area contributed by atoms with Gasteiger partial charge in [0.15, 0.2) is 0 Å². The number of hydrogen-bond donors (Lipinski definition) is 1. The van der Waals surface area contributed by atoms with Crippen molar-refractivity contribution in [3.8, 4) is 0 Å². The first-order chi connectivity index (χ1) is 16.6. The Kier molecular flexibility index (Phi) is 6.07. The maximum absolute atomic E-state index is 13.2. The van der Waals surface area contributed by atoms with E-state index in [9.17, 15) is 9.59 Å². The third-order valence-corrected chi connectivity index (χ3v) is 6.31. The summed E-state index contributed by atoms with van der Waals surface area (Å²) in [6.45, 7) is 5.00. The lowest BCUT2D eigenvalue weighted by Gasteiger charge is -2.36. The highest BCUT2D eigenvalue weighted by Crippen LogP contribution is 2.27. The molecule has 2 aromatic heterocycles. The molecule has 34 heavy (non-hydrogen) atoms. The third kappa shape index (κ3) is 4.68. The second kappa shape index (κ2) is 9.46. The fraction of sp³-hybridized carbons (Fsp3) is 0.320. The number of piperazine rings is 1. The van der Waals surface area contributed by atoms with Crippen LogP contribution < -0.4 is 15.1 Å². The van der Waals surface area contributed by atoms with Crippen LogP contribution in [0.3, 0.4) is 0 Å². The minimum absolute atomic E-state index is 0.00904. The molecule has 2 saturated heterocycles. The zero-order valence-electron chi connectivity index (χ0n) is 19.1. The number of carbonyl (C=O) groups excluding carboxylic acids is 2. The number of benzene rings is 1. The molecule has 3 aromatic rings. The Morgan fingerprint density at radius 3 is 2.50 bits per heavy atom. The van der Waals surface area contributed by atoms with Gasteiger partial charge in [0.2, 0.25) is 11.8 Å². The van der Waals surface area contributed by atoms with Crippen molar-refractivity contribution in [2.45, 2.75) is 13.3 Å². The Bertz CT molecular complexity index is 1160. The lowest BCUT2D eigenvalue weighted by molar-refractivity contribution is -0.136. The number of anilines is 4. The van der Waals surface area contributed by atoms with Crippen molar-refractivity contribution in [2.75, 3.05) is 47.8 Å². The molecule has 4 heterocycles. The first kappa shape index (κ1) is 21.8. The quantitative estimate of drug-likeness (QED) is 0.629. The van der Waals surface area contributed by atoms with Crippen molar-refractivity contribution in [3.05, 3.63) is 66.6 Å². The van der Waals surface area contributed by atoms with Crippen molar-refractivity contribution in [1.29, 1.82) is 0 Å². The number of nitrogens with one attached hydrogen (secondary N) is 1. The van der Waals surface area contributed by atoms with E-state index in [2.05, 4.69) is 25.2 Å². The molecule has 1 atom stereocenters. The minimum atomic E-state index is -0.298. The number of nitrogens with zero attached hydrogens (tertiary/aromatic N) is 6. The van der Waals surface area contributed by atoms with Crippen LogP contribution in [0.5, 0.6) is 0 Å². The van der Waals surface area contributed by atoms with E-state index < -0.39 is 0 Å². The van der Waals surface area contributed by atoms with Crippen molar-refractivity contribution < 1.29 is 9.59 Å². The van der Waals surface area contributed by atoms with Gasteiger partial charge in [-0.15, -0.1) is 0 Å². The first-order valence-corrected chi connectivity index (χ1v) is 11.5. The number of pyridine rings is 1. The molecule has 2 aliphatic heterocycles. The van der Waals surface area contributed by atoms with Crippen molar-refractivity contribution >= 4 is 35.0 Å². The largest absolute Gasteiger partial charge is 0.353 e. The van der Waals surface area contributed by atoms with Gasteiger partial charge >= 0.3 is 0 Å². The fourth-order valence-corrected chi connectivity index (χ4v) is 4.42. The predicted octanol–water partition coefficient (Wildman–Crippen LogP) is 2.63. The van der Waals surface area contributed by atoms with Crippen molar-refractivity contribution in [2.24, 2.45) is 5.92 Å². The average Bonchev–Trinajstić information content (AvgIpc) is 3.26. The lowest BCUT2D eigenvalue weighted by atomic mass is 10.1. The maximum atomic E-state index is 13.2. The molecule has 1 N–H and O–H groups in total. The van der Waals surface area contributed by atoms with E-state index in [0.29, 0.717) is 44.4 Å². The lowest BCUT2D eigenvalue weighted by Crippen LogP contribution is -2.51. The van der Waals surface area contributed by atoms with E-state index in [1.807, 2.05) is 60.4 Å². The zero-order chi connectivity index (χ0) is 23.5. The number of rotatable bonds is 5. The van der Waals surface area contributed by atoms with Gasteiger partial charge in [-0.3, -0.25) is 9.59 Å². The molecular weight excluding hydrogens is 430 g/mol. The molecule has 9 nitrogen and oxygen atoms in total. The topological polar surface area (TPSA) is 94.6 Å². The molecule has 0 aliphatic carbocycles. The Morgan fingerprint density at radius 2 is 1.76 bits per heavy atom. The van der Waals surface area contributed by atoms with Gasteiger partial charge in [0.05, 0.1) is 5.92 Å². The molecule has 5 rings (SSSR count). The molecule has 9 heteroatoms. The molecular formula is C25H27N7O2. The smallest absolute Gasteiger partial charge is 0.228 e. The van der Waals surface area contributed by atoms with E-state index in [-0.39, 0.29) is 24.2 Å². The summed E-state index contributed by atoms with van der Waals surface area (Å²) in [6.07, 6.45) is 3.52. The van der Waals surface area contributed by atoms with E-state index in [4.69, 9.17) is 0 Å². The van der Waals surface area contributed by atoms with Crippen molar-refractivity contribution in [1.82, 2.24) is 19.9 Å². The summed E-state index contributed by atoms with van der Waals surface area (Å²) in [4.78, 5) is 44.4. The molecule has 2 aliphatic rings. The molecule has 0 bridgehead atoms. The van der Waals surface area contributed by atoms with Crippen molar-refractivity contribution in [3.63, 3.8) is 0 Å². The van der Waals surface area contributed by atoms with Gasteiger partial charge in [0.25, 0.3) is 0 Å². The van der Waals surface area contributed by atoms with Gasteiger partial charge in [-0.2, -0.15) is 0 Å². The molecule has 0 saturated carbocycles. The van der Waals surface area contributed by atoms with Crippen LogP contribution in [0.15, 0.2) is 61.1 Å². The van der Waals surface area contributed by atoms with Crippen LogP contribution in [0, 0.1) is 12.8 Å². The Hall–Kier alpha value is -4.01. The summed E-state index contributed by atoms with van der Waals surface area (Å²) in [5.41, 5.74) is 2.00. The third-order valence-electron chi connectivity index (χ3n) is 6.31. The number of aryl methyl sites for hydroxylation is 1.